The highest BCUT2D eigenvalue weighted by Crippen LogP contribution is 2.28. The SMILES string of the molecule is Cc1ccc(C(CCNCl)c2cccc(F)c2)cc1. The lowest BCUT2D eigenvalue weighted by Gasteiger charge is -2.18. The average Bonchev–Trinajstić information content (AvgIpc) is 2.41. The molecule has 0 aromatic heterocycles. The summed E-state index contributed by atoms with van der Waals surface area (Å²) in [4.78, 5) is 2.64. The van der Waals surface area contributed by atoms with Crippen LogP contribution in [0.3, 0.4) is 0 Å². The first-order chi connectivity index (χ1) is 9.20. The Labute approximate surface area is 118 Å². The van der Waals surface area contributed by atoms with Gasteiger partial charge in [0, 0.05) is 12.5 Å². The Hall–Kier alpha value is -1.38. The monoisotopic (exact) mass is 277 g/mol. The molecule has 0 aliphatic carbocycles. The van der Waals surface area contributed by atoms with Crippen molar-refractivity contribution in [3.63, 3.8) is 0 Å². The summed E-state index contributed by atoms with van der Waals surface area (Å²) < 4.78 is 13.4. The second-order valence-electron chi connectivity index (χ2n) is 4.69. The molecule has 2 aromatic rings. The molecule has 3 heteroatoms. The van der Waals surface area contributed by atoms with Crippen molar-refractivity contribution in [1.82, 2.24) is 4.84 Å². The van der Waals surface area contributed by atoms with Gasteiger partial charge in [-0.15, -0.1) is 0 Å². The molecule has 0 aliphatic rings. The summed E-state index contributed by atoms with van der Waals surface area (Å²) in [5.41, 5.74) is 3.39. The minimum absolute atomic E-state index is 0.155. The molecule has 0 radical (unpaired) electrons. The molecule has 0 saturated heterocycles. The Morgan fingerprint density at radius 2 is 1.84 bits per heavy atom. The van der Waals surface area contributed by atoms with Crippen LogP contribution in [0.5, 0.6) is 0 Å². The second-order valence-corrected chi connectivity index (χ2v) is 4.96. The van der Waals surface area contributed by atoms with Gasteiger partial charge in [0.2, 0.25) is 0 Å². The van der Waals surface area contributed by atoms with Crippen LogP contribution in [0.4, 0.5) is 4.39 Å². The molecular formula is C16H17ClFN. The Bertz CT molecular complexity index is 525. The zero-order valence-corrected chi connectivity index (χ0v) is 11.6. The first kappa shape index (κ1) is 14.0. The van der Waals surface area contributed by atoms with Gasteiger partial charge in [-0.05, 0) is 48.4 Å². The molecule has 0 heterocycles. The molecule has 0 saturated carbocycles. The summed E-state index contributed by atoms with van der Waals surface area (Å²) in [7, 11) is 0. The summed E-state index contributed by atoms with van der Waals surface area (Å²) in [5, 5.41) is 0. The minimum atomic E-state index is -0.201. The zero-order valence-electron chi connectivity index (χ0n) is 10.9. The quantitative estimate of drug-likeness (QED) is 0.799. The van der Waals surface area contributed by atoms with Crippen molar-refractivity contribution < 1.29 is 4.39 Å². The molecule has 2 rings (SSSR count). The summed E-state index contributed by atoms with van der Waals surface area (Å²) in [6.45, 7) is 2.73. The van der Waals surface area contributed by atoms with Crippen molar-refractivity contribution in [2.75, 3.05) is 6.54 Å². The molecule has 0 amide bonds. The fraction of sp³-hybridized carbons (Fsp3) is 0.250. The van der Waals surface area contributed by atoms with E-state index in [0.29, 0.717) is 6.54 Å². The van der Waals surface area contributed by atoms with Crippen molar-refractivity contribution in [2.24, 2.45) is 0 Å². The first-order valence-corrected chi connectivity index (χ1v) is 6.74. The Balaban J connectivity index is 2.32. The molecule has 0 bridgehead atoms. The number of hydrogen-bond acceptors (Lipinski definition) is 1. The van der Waals surface area contributed by atoms with Gasteiger partial charge >= 0.3 is 0 Å². The maximum Gasteiger partial charge on any atom is 0.123 e. The highest BCUT2D eigenvalue weighted by Gasteiger charge is 2.14. The number of benzene rings is 2. The van der Waals surface area contributed by atoms with E-state index in [0.717, 1.165) is 12.0 Å². The predicted molar refractivity (Wildman–Crippen MR) is 77.9 cm³/mol. The Kier molecular flexibility index (Phi) is 4.94. The molecule has 0 spiro atoms. The first-order valence-electron chi connectivity index (χ1n) is 6.36. The molecule has 1 N–H and O–H groups in total. The van der Waals surface area contributed by atoms with Crippen LogP contribution in [0.15, 0.2) is 48.5 Å². The molecule has 0 aliphatic heterocycles. The molecule has 0 fully saturated rings. The average molecular weight is 278 g/mol. The van der Waals surface area contributed by atoms with E-state index in [1.807, 2.05) is 6.07 Å². The van der Waals surface area contributed by atoms with Crippen molar-refractivity contribution in [1.29, 1.82) is 0 Å². The van der Waals surface area contributed by atoms with E-state index >= 15 is 0 Å². The maximum atomic E-state index is 13.4. The van der Waals surface area contributed by atoms with Crippen LogP contribution in [0.2, 0.25) is 0 Å². The van der Waals surface area contributed by atoms with Crippen molar-refractivity contribution in [2.45, 2.75) is 19.3 Å². The van der Waals surface area contributed by atoms with E-state index in [-0.39, 0.29) is 11.7 Å². The summed E-state index contributed by atoms with van der Waals surface area (Å²) >= 11 is 5.55. The second kappa shape index (κ2) is 6.69. The third-order valence-electron chi connectivity index (χ3n) is 3.26. The van der Waals surface area contributed by atoms with E-state index in [1.54, 1.807) is 12.1 Å². The molecule has 19 heavy (non-hydrogen) atoms. The Morgan fingerprint density at radius 3 is 2.47 bits per heavy atom. The fourth-order valence-electron chi connectivity index (χ4n) is 2.25. The van der Waals surface area contributed by atoms with Gasteiger partial charge in [0.15, 0.2) is 0 Å². The fourth-order valence-corrected chi connectivity index (χ4v) is 2.36. The lowest BCUT2D eigenvalue weighted by molar-refractivity contribution is 0.619. The standard InChI is InChI=1S/C16H17ClFN/c1-12-5-7-13(8-6-12)16(9-10-19-17)14-3-2-4-15(18)11-14/h2-8,11,16,19H,9-10H2,1H3. The maximum absolute atomic E-state index is 13.4. The van der Waals surface area contributed by atoms with E-state index in [9.17, 15) is 4.39 Å². The summed E-state index contributed by atoms with van der Waals surface area (Å²) in [6, 6.07) is 15.1. The lowest BCUT2D eigenvalue weighted by atomic mass is 9.88. The minimum Gasteiger partial charge on any atom is -0.234 e. The lowest BCUT2D eigenvalue weighted by Crippen LogP contribution is -2.09. The molecule has 1 unspecified atom stereocenters. The third kappa shape index (κ3) is 3.79. The van der Waals surface area contributed by atoms with Crippen LogP contribution in [0.25, 0.3) is 0 Å². The largest absolute Gasteiger partial charge is 0.234 e. The third-order valence-corrected chi connectivity index (χ3v) is 3.45. The molecule has 100 valence electrons. The molecular weight excluding hydrogens is 261 g/mol. The summed E-state index contributed by atoms with van der Waals surface area (Å²) in [6.07, 6.45) is 0.829. The van der Waals surface area contributed by atoms with Gasteiger partial charge in [-0.3, -0.25) is 0 Å². The van der Waals surface area contributed by atoms with Crippen LogP contribution in [0, 0.1) is 12.7 Å². The van der Waals surface area contributed by atoms with Gasteiger partial charge in [-0.2, -0.15) is 0 Å². The number of rotatable bonds is 5. The zero-order chi connectivity index (χ0) is 13.7. The van der Waals surface area contributed by atoms with Crippen LogP contribution >= 0.6 is 11.8 Å². The Morgan fingerprint density at radius 1 is 1.11 bits per heavy atom. The summed E-state index contributed by atoms with van der Waals surface area (Å²) in [5.74, 6) is -0.0454. The number of nitrogens with one attached hydrogen (secondary N) is 1. The van der Waals surface area contributed by atoms with Gasteiger partial charge in [0.1, 0.15) is 5.82 Å². The van der Waals surface area contributed by atoms with Crippen LogP contribution in [-0.2, 0) is 0 Å². The van der Waals surface area contributed by atoms with E-state index in [1.165, 1.54) is 17.2 Å². The van der Waals surface area contributed by atoms with Gasteiger partial charge in [0.25, 0.3) is 0 Å². The van der Waals surface area contributed by atoms with Crippen LogP contribution in [0.1, 0.15) is 29.0 Å². The predicted octanol–water partition coefficient (Wildman–Crippen LogP) is 4.40. The highest BCUT2D eigenvalue weighted by atomic mass is 35.5. The van der Waals surface area contributed by atoms with Crippen molar-refractivity contribution in [3.8, 4) is 0 Å². The van der Waals surface area contributed by atoms with Crippen LogP contribution in [-0.4, -0.2) is 6.54 Å². The molecule has 1 nitrogen and oxygen atoms in total. The van der Waals surface area contributed by atoms with E-state index in [2.05, 4.69) is 36.0 Å². The number of halogens is 2. The normalized spacial score (nSPS) is 12.4. The van der Waals surface area contributed by atoms with Gasteiger partial charge < -0.3 is 0 Å². The highest BCUT2D eigenvalue weighted by molar-refractivity contribution is 6.13. The van der Waals surface area contributed by atoms with E-state index in [4.69, 9.17) is 11.8 Å². The topological polar surface area (TPSA) is 12.0 Å². The molecule has 2 aromatic carbocycles. The smallest absolute Gasteiger partial charge is 0.123 e. The van der Waals surface area contributed by atoms with Crippen molar-refractivity contribution >= 4 is 11.8 Å². The molecule has 1 atom stereocenters. The van der Waals surface area contributed by atoms with Gasteiger partial charge in [-0.1, -0.05) is 42.0 Å². The van der Waals surface area contributed by atoms with Crippen molar-refractivity contribution in [3.05, 3.63) is 71.0 Å². The van der Waals surface area contributed by atoms with E-state index < -0.39 is 0 Å². The van der Waals surface area contributed by atoms with Crippen LogP contribution < -0.4 is 4.84 Å². The van der Waals surface area contributed by atoms with Gasteiger partial charge in [-0.25, -0.2) is 9.23 Å². The number of hydrogen-bond donors (Lipinski definition) is 1. The van der Waals surface area contributed by atoms with Gasteiger partial charge in [0.05, 0.1) is 0 Å². The number of aryl methyl sites for hydroxylation is 1.